The molecule has 19 heavy (non-hydrogen) atoms. The van der Waals surface area contributed by atoms with Gasteiger partial charge in [-0.2, -0.15) is 0 Å². The van der Waals surface area contributed by atoms with Crippen molar-refractivity contribution in [2.75, 3.05) is 12.1 Å². The van der Waals surface area contributed by atoms with Gasteiger partial charge in [-0.15, -0.1) is 0 Å². The number of phenols is 1. The van der Waals surface area contributed by atoms with Gasteiger partial charge in [0.1, 0.15) is 5.75 Å². The van der Waals surface area contributed by atoms with E-state index >= 15 is 0 Å². The van der Waals surface area contributed by atoms with Crippen molar-refractivity contribution in [3.05, 3.63) is 48.0 Å². The van der Waals surface area contributed by atoms with Crippen molar-refractivity contribution < 1.29 is 19.4 Å². The van der Waals surface area contributed by atoms with Gasteiger partial charge in [0.05, 0.1) is 0 Å². The van der Waals surface area contributed by atoms with Crippen LogP contribution >= 0.6 is 0 Å². The predicted octanol–water partition coefficient (Wildman–Crippen LogP) is 2.37. The highest BCUT2D eigenvalue weighted by Crippen LogP contribution is 2.32. The summed E-state index contributed by atoms with van der Waals surface area (Å²) in [5, 5.41) is 11.9. The molecule has 96 valence electrons. The van der Waals surface area contributed by atoms with Gasteiger partial charge in [0, 0.05) is 11.3 Å². The summed E-state index contributed by atoms with van der Waals surface area (Å²) in [6.07, 6.45) is 0. The molecule has 0 aromatic heterocycles. The van der Waals surface area contributed by atoms with E-state index in [1.54, 1.807) is 30.3 Å². The van der Waals surface area contributed by atoms with Crippen LogP contribution in [0, 0.1) is 0 Å². The number of carbonyl (C=O) groups is 1. The van der Waals surface area contributed by atoms with Crippen molar-refractivity contribution in [3.63, 3.8) is 0 Å². The maximum atomic E-state index is 12.0. The topological polar surface area (TPSA) is 67.8 Å². The summed E-state index contributed by atoms with van der Waals surface area (Å²) < 4.78 is 10.4. The Morgan fingerprint density at radius 3 is 2.58 bits per heavy atom. The quantitative estimate of drug-likeness (QED) is 0.810. The lowest BCUT2D eigenvalue weighted by atomic mass is 10.2. The molecule has 1 aliphatic rings. The lowest BCUT2D eigenvalue weighted by molar-refractivity contribution is 0.102. The molecule has 0 bridgehead atoms. The van der Waals surface area contributed by atoms with E-state index in [-0.39, 0.29) is 18.4 Å². The van der Waals surface area contributed by atoms with E-state index in [1.807, 2.05) is 0 Å². The minimum atomic E-state index is -0.246. The average Bonchev–Trinajstić information content (AvgIpc) is 2.88. The van der Waals surface area contributed by atoms with Crippen molar-refractivity contribution in [3.8, 4) is 17.2 Å². The summed E-state index contributed by atoms with van der Waals surface area (Å²) in [5.74, 6) is 1.12. The molecule has 0 radical (unpaired) electrons. The number of phenolic OH excluding ortho intramolecular Hbond substituents is 1. The highest BCUT2D eigenvalue weighted by Gasteiger charge is 2.16. The number of benzene rings is 2. The van der Waals surface area contributed by atoms with Crippen LogP contribution < -0.4 is 14.8 Å². The zero-order valence-electron chi connectivity index (χ0n) is 9.92. The molecule has 3 rings (SSSR count). The molecule has 5 nitrogen and oxygen atoms in total. The Hall–Kier alpha value is -2.69. The summed E-state index contributed by atoms with van der Waals surface area (Å²) in [5.41, 5.74) is 1.10. The van der Waals surface area contributed by atoms with Crippen molar-refractivity contribution >= 4 is 11.6 Å². The Morgan fingerprint density at radius 2 is 1.79 bits per heavy atom. The van der Waals surface area contributed by atoms with Crippen LogP contribution in [0.2, 0.25) is 0 Å². The van der Waals surface area contributed by atoms with E-state index in [9.17, 15) is 9.90 Å². The summed E-state index contributed by atoms with van der Waals surface area (Å²) in [4.78, 5) is 12.0. The van der Waals surface area contributed by atoms with Crippen LogP contribution in [0.25, 0.3) is 0 Å². The van der Waals surface area contributed by atoms with E-state index < -0.39 is 0 Å². The summed E-state index contributed by atoms with van der Waals surface area (Å²) in [6.45, 7) is 0.179. The Labute approximate surface area is 109 Å². The first kappa shape index (κ1) is 11.4. The van der Waals surface area contributed by atoms with Gasteiger partial charge in [0.2, 0.25) is 6.79 Å². The van der Waals surface area contributed by atoms with E-state index in [4.69, 9.17) is 9.47 Å². The van der Waals surface area contributed by atoms with Crippen LogP contribution in [-0.4, -0.2) is 17.8 Å². The number of nitrogens with one attached hydrogen (secondary N) is 1. The third-order valence-electron chi connectivity index (χ3n) is 2.76. The Balaban J connectivity index is 1.78. The second-order valence-corrected chi connectivity index (χ2v) is 4.07. The molecule has 1 heterocycles. The number of aromatic hydroxyl groups is 1. The molecule has 0 spiro atoms. The summed E-state index contributed by atoms with van der Waals surface area (Å²) >= 11 is 0. The fourth-order valence-corrected chi connectivity index (χ4v) is 1.79. The van der Waals surface area contributed by atoms with Crippen molar-refractivity contribution in [1.29, 1.82) is 0 Å². The molecule has 1 aliphatic heterocycles. The van der Waals surface area contributed by atoms with Gasteiger partial charge in [-0.3, -0.25) is 4.79 Å². The SMILES string of the molecule is O=C(Nc1ccc(O)cc1)c1ccc2c(c1)OCO2. The number of ether oxygens (including phenoxy) is 2. The molecular formula is C14H11NO4. The maximum Gasteiger partial charge on any atom is 0.255 e. The minimum absolute atomic E-state index is 0.154. The van der Waals surface area contributed by atoms with Gasteiger partial charge in [0.15, 0.2) is 11.5 Å². The highest BCUT2D eigenvalue weighted by atomic mass is 16.7. The molecule has 2 aromatic carbocycles. The largest absolute Gasteiger partial charge is 0.508 e. The van der Waals surface area contributed by atoms with Crippen molar-refractivity contribution in [1.82, 2.24) is 0 Å². The first-order valence-electron chi connectivity index (χ1n) is 5.72. The molecule has 0 aliphatic carbocycles. The standard InChI is InChI=1S/C14H11NO4/c16-11-4-2-10(3-5-11)15-14(17)9-1-6-12-13(7-9)19-8-18-12/h1-7,16H,8H2,(H,15,17). The minimum Gasteiger partial charge on any atom is -0.508 e. The zero-order valence-corrected chi connectivity index (χ0v) is 9.92. The van der Waals surface area contributed by atoms with E-state index in [1.165, 1.54) is 12.1 Å². The molecule has 2 N–H and O–H groups in total. The van der Waals surface area contributed by atoms with Gasteiger partial charge in [-0.25, -0.2) is 0 Å². The molecule has 0 fully saturated rings. The Bertz CT molecular complexity index is 622. The van der Waals surface area contributed by atoms with Crippen LogP contribution in [0.4, 0.5) is 5.69 Å². The number of amides is 1. The highest BCUT2D eigenvalue weighted by molar-refractivity contribution is 6.04. The van der Waals surface area contributed by atoms with Gasteiger partial charge in [-0.05, 0) is 42.5 Å². The number of hydrogen-bond acceptors (Lipinski definition) is 4. The molecule has 2 aromatic rings. The molecule has 0 saturated heterocycles. The molecule has 0 atom stereocenters. The average molecular weight is 257 g/mol. The van der Waals surface area contributed by atoms with Crippen LogP contribution in [0.15, 0.2) is 42.5 Å². The van der Waals surface area contributed by atoms with Gasteiger partial charge >= 0.3 is 0 Å². The normalized spacial score (nSPS) is 12.2. The molecule has 1 amide bonds. The number of rotatable bonds is 2. The molecule has 0 saturated carbocycles. The monoisotopic (exact) mass is 257 g/mol. The van der Waals surface area contributed by atoms with E-state index in [2.05, 4.69) is 5.32 Å². The second-order valence-electron chi connectivity index (χ2n) is 4.07. The third-order valence-corrected chi connectivity index (χ3v) is 2.76. The van der Waals surface area contributed by atoms with Crippen molar-refractivity contribution in [2.24, 2.45) is 0 Å². The first-order valence-corrected chi connectivity index (χ1v) is 5.72. The molecular weight excluding hydrogens is 246 g/mol. The summed E-state index contributed by atoms with van der Waals surface area (Å²) in [6, 6.07) is 11.3. The van der Waals surface area contributed by atoms with Crippen molar-refractivity contribution in [2.45, 2.75) is 0 Å². The predicted molar refractivity (Wildman–Crippen MR) is 68.6 cm³/mol. The fraction of sp³-hybridized carbons (Fsp3) is 0.0714. The number of carbonyl (C=O) groups excluding carboxylic acids is 1. The lowest BCUT2D eigenvalue weighted by Crippen LogP contribution is -2.11. The maximum absolute atomic E-state index is 12.0. The van der Waals surface area contributed by atoms with Crippen LogP contribution in [-0.2, 0) is 0 Å². The van der Waals surface area contributed by atoms with E-state index in [0.29, 0.717) is 22.7 Å². The number of anilines is 1. The molecule has 0 unspecified atom stereocenters. The smallest absolute Gasteiger partial charge is 0.255 e. The van der Waals surface area contributed by atoms with Crippen LogP contribution in [0.3, 0.4) is 0 Å². The van der Waals surface area contributed by atoms with Gasteiger partial charge < -0.3 is 19.9 Å². The lowest BCUT2D eigenvalue weighted by Gasteiger charge is -2.06. The Kier molecular flexibility index (Phi) is 2.72. The Morgan fingerprint density at radius 1 is 1.05 bits per heavy atom. The van der Waals surface area contributed by atoms with E-state index in [0.717, 1.165) is 0 Å². The first-order chi connectivity index (χ1) is 9.22. The third kappa shape index (κ3) is 2.30. The number of fused-ring (bicyclic) bond motifs is 1. The second kappa shape index (κ2) is 4.53. The fourth-order valence-electron chi connectivity index (χ4n) is 1.79. The molecule has 5 heteroatoms. The zero-order chi connectivity index (χ0) is 13.2. The van der Waals surface area contributed by atoms with Gasteiger partial charge in [-0.1, -0.05) is 0 Å². The van der Waals surface area contributed by atoms with Crippen LogP contribution in [0.5, 0.6) is 17.2 Å². The van der Waals surface area contributed by atoms with Crippen LogP contribution in [0.1, 0.15) is 10.4 Å². The summed E-state index contributed by atoms with van der Waals surface area (Å²) in [7, 11) is 0. The van der Waals surface area contributed by atoms with Gasteiger partial charge in [0.25, 0.3) is 5.91 Å². The number of hydrogen-bond donors (Lipinski definition) is 2.